The van der Waals surface area contributed by atoms with E-state index in [-0.39, 0.29) is 11.2 Å². The van der Waals surface area contributed by atoms with Gasteiger partial charge in [-0.3, -0.25) is 19.5 Å². The SMILES string of the molecule is C=CC(=Cc1cccc([N+](=O)[O-])c1)c1cc2c(C)cccc2c(=O)n1-c1ccccn1. The van der Waals surface area contributed by atoms with Gasteiger partial charge in [0, 0.05) is 23.7 Å². The van der Waals surface area contributed by atoms with Gasteiger partial charge in [0.2, 0.25) is 0 Å². The number of non-ortho nitro benzene ring substituents is 1. The molecule has 0 bridgehead atoms. The van der Waals surface area contributed by atoms with Gasteiger partial charge in [-0.1, -0.05) is 43.0 Å². The minimum atomic E-state index is -0.436. The Bertz CT molecular complexity index is 1400. The summed E-state index contributed by atoms with van der Waals surface area (Å²) in [6.07, 6.45) is 5.04. The van der Waals surface area contributed by atoms with Crippen LogP contribution in [0.15, 0.2) is 90.4 Å². The minimum Gasteiger partial charge on any atom is -0.268 e. The van der Waals surface area contributed by atoms with Gasteiger partial charge in [-0.25, -0.2) is 4.98 Å². The number of allylic oxidation sites excluding steroid dienone is 2. The summed E-state index contributed by atoms with van der Waals surface area (Å²) in [4.78, 5) is 28.6. The lowest BCUT2D eigenvalue weighted by Gasteiger charge is -2.16. The lowest BCUT2D eigenvalue weighted by atomic mass is 10.0. The number of pyridine rings is 2. The van der Waals surface area contributed by atoms with Crippen LogP contribution in [0.1, 0.15) is 16.8 Å². The molecule has 0 unspecified atom stereocenters. The molecule has 6 heteroatoms. The maximum Gasteiger partial charge on any atom is 0.270 e. The number of hydrogen-bond acceptors (Lipinski definition) is 4. The van der Waals surface area contributed by atoms with Gasteiger partial charge in [-0.15, -0.1) is 0 Å². The standard InChI is InChI=1S/C25H19N3O3/c1-3-19(14-18-9-7-10-20(15-18)28(30)31)23-16-22-17(2)8-6-11-21(22)25(29)27(23)24-12-4-5-13-26-24/h3-16H,1H2,2H3. The molecule has 2 aromatic heterocycles. The summed E-state index contributed by atoms with van der Waals surface area (Å²) in [6, 6.07) is 19.2. The second-order valence-corrected chi connectivity index (χ2v) is 7.05. The van der Waals surface area contributed by atoms with Crippen LogP contribution >= 0.6 is 0 Å². The molecule has 6 nitrogen and oxygen atoms in total. The van der Waals surface area contributed by atoms with E-state index >= 15 is 0 Å². The van der Waals surface area contributed by atoms with Gasteiger partial charge in [0.15, 0.2) is 0 Å². The smallest absolute Gasteiger partial charge is 0.268 e. The fourth-order valence-corrected chi connectivity index (χ4v) is 3.56. The monoisotopic (exact) mass is 409 g/mol. The normalized spacial score (nSPS) is 11.5. The van der Waals surface area contributed by atoms with Crippen molar-refractivity contribution in [1.29, 1.82) is 0 Å². The van der Waals surface area contributed by atoms with Gasteiger partial charge in [-0.05, 0) is 59.4 Å². The lowest BCUT2D eigenvalue weighted by Crippen LogP contribution is -2.22. The van der Waals surface area contributed by atoms with Crippen LogP contribution in [-0.2, 0) is 0 Å². The zero-order valence-electron chi connectivity index (χ0n) is 16.9. The highest BCUT2D eigenvalue weighted by atomic mass is 16.6. The number of aryl methyl sites for hydroxylation is 1. The summed E-state index contributed by atoms with van der Waals surface area (Å²) >= 11 is 0. The Balaban J connectivity index is 2.04. The Kier molecular flexibility index (Phi) is 5.28. The molecule has 152 valence electrons. The highest BCUT2D eigenvalue weighted by Crippen LogP contribution is 2.26. The number of fused-ring (bicyclic) bond motifs is 1. The second kappa shape index (κ2) is 8.20. The molecule has 0 fully saturated rings. The third kappa shape index (κ3) is 3.79. The van der Waals surface area contributed by atoms with Crippen molar-refractivity contribution < 1.29 is 4.92 Å². The van der Waals surface area contributed by atoms with E-state index in [1.807, 2.05) is 31.2 Å². The minimum absolute atomic E-state index is 0.00589. The van der Waals surface area contributed by atoms with Crippen molar-refractivity contribution in [3.8, 4) is 5.82 Å². The van der Waals surface area contributed by atoms with Gasteiger partial charge in [0.25, 0.3) is 11.2 Å². The van der Waals surface area contributed by atoms with Crippen molar-refractivity contribution in [3.05, 3.63) is 123 Å². The first-order chi connectivity index (χ1) is 15.0. The van der Waals surface area contributed by atoms with Gasteiger partial charge in [0.1, 0.15) is 5.82 Å². The van der Waals surface area contributed by atoms with Crippen LogP contribution in [0.5, 0.6) is 0 Å². The molecule has 0 amide bonds. The Labute approximate surface area is 178 Å². The summed E-state index contributed by atoms with van der Waals surface area (Å²) < 4.78 is 1.55. The number of nitrogens with zero attached hydrogens (tertiary/aromatic N) is 3. The average molecular weight is 409 g/mol. The topological polar surface area (TPSA) is 78.0 Å². The molecule has 4 rings (SSSR count). The van der Waals surface area contributed by atoms with Gasteiger partial charge in [-0.2, -0.15) is 0 Å². The van der Waals surface area contributed by atoms with Gasteiger partial charge < -0.3 is 0 Å². The van der Waals surface area contributed by atoms with E-state index in [1.165, 1.54) is 12.1 Å². The molecular formula is C25H19N3O3. The predicted molar refractivity (Wildman–Crippen MR) is 123 cm³/mol. The number of aromatic nitrogens is 2. The van der Waals surface area contributed by atoms with E-state index in [4.69, 9.17) is 0 Å². The second-order valence-electron chi connectivity index (χ2n) is 7.05. The van der Waals surface area contributed by atoms with E-state index in [0.29, 0.717) is 28.0 Å². The number of hydrogen-bond donors (Lipinski definition) is 0. The molecular weight excluding hydrogens is 390 g/mol. The highest BCUT2D eigenvalue weighted by molar-refractivity contribution is 5.93. The maximum atomic E-state index is 13.5. The zero-order chi connectivity index (χ0) is 22.0. The van der Waals surface area contributed by atoms with Crippen LogP contribution in [-0.4, -0.2) is 14.5 Å². The van der Waals surface area contributed by atoms with E-state index in [9.17, 15) is 14.9 Å². The maximum absolute atomic E-state index is 13.5. The van der Waals surface area contributed by atoms with Crippen LogP contribution < -0.4 is 5.56 Å². The van der Waals surface area contributed by atoms with Crippen molar-refractivity contribution >= 4 is 28.1 Å². The fraction of sp³-hybridized carbons (Fsp3) is 0.0400. The highest BCUT2D eigenvalue weighted by Gasteiger charge is 2.15. The van der Waals surface area contributed by atoms with E-state index in [1.54, 1.807) is 53.2 Å². The number of benzene rings is 2. The van der Waals surface area contributed by atoms with Crippen molar-refractivity contribution in [2.24, 2.45) is 0 Å². The van der Waals surface area contributed by atoms with Gasteiger partial charge >= 0.3 is 0 Å². The Hall–Kier alpha value is -4.32. The molecule has 31 heavy (non-hydrogen) atoms. The summed E-state index contributed by atoms with van der Waals surface area (Å²) in [5.41, 5.74) is 2.66. The summed E-state index contributed by atoms with van der Waals surface area (Å²) in [5.74, 6) is 0.484. The van der Waals surface area contributed by atoms with Crippen molar-refractivity contribution in [1.82, 2.24) is 9.55 Å². The quantitative estimate of drug-likeness (QED) is 0.254. The molecule has 2 heterocycles. The Morgan fingerprint density at radius 1 is 1.06 bits per heavy atom. The zero-order valence-corrected chi connectivity index (χ0v) is 16.9. The molecule has 0 spiro atoms. The summed E-state index contributed by atoms with van der Waals surface area (Å²) in [7, 11) is 0. The molecule has 0 saturated heterocycles. The Morgan fingerprint density at radius 2 is 1.87 bits per heavy atom. The van der Waals surface area contributed by atoms with Crippen molar-refractivity contribution in [2.45, 2.75) is 6.92 Å². The van der Waals surface area contributed by atoms with E-state index in [0.717, 1.165) is 10.9 Å². The Morgan fingerprint density at radius 3 is 2.58 bits per heavy atom. The number of nitro groups is 1. The van der Waals surface area contributed by atoms with Crippen molar-refractivity contribution in [3.63, 3.8) is 0 Å². The third-order valence-electron chi connectivity index (χ3n) is 5.08. The lowest BCUT2D eigenvalue weighted by molar-refractivity contribution is -0.384. The largest absolute Gasteiger partial charge is 0.270 e. The van der Waals surface area contributed by atoms with E-state index < -0.39 is 4.92 Å². The molecule has 0 N–H and O–H groups in total. The molecule has 2 aromatic carbocycles. The first-order valence-corrected chi connectivity index (χ1v) is 9.65. The van der Waals surface area contributed by atoms with Crippen LogP contribution in [0.3, 0.4) is 0 Å². The van der Waals surface area contributed by atoms with Crippen LogP contribution in [0, 0.1) is 17.0 Å². The summed E-state index contributed by atoms with van der Waals surface area (Å²) in [5, 5.41) is 12.6. The molecule has 0 aliphatic heterocycles. The fourth-order valence-electron chi connectivity index (χ4n) is 3.56. The molecule has 0 saturated carbocycles. The molecule has 0 aliphatic carbocycles. The molecule has 0 radical (unpaired) electrons. The molecule has 4 aromatic rings. The molecule has 0 atom stereocenters. The van der Waals surface area contributed by atoms with E-state index in [2.05, 4.69) is 11.6 Å². The van der Waals surface area contributed by atoms with Crippen molar-refractivity contribution in [2.75, 3.05) is 0 Å². The van der Waals surface area contributed by atoms with Crippen LogP contribution in [0.4, 0.5) is 5.69 Å². The first kappa shape index (κ1) is 20.0. The average Bonchev–Trinajstić information content (AvgIpc) is 2.79. The van der Waals surface area contributed by atoms with Crippen LogP contribution in [0.25, 0.3) is 28.2 Å². The third-order valence-corrected chi connectivity index (χ3v) is 5.08. The molecule has 0 aliphatic rings. The van der Waals surface area contributed by atoms with Gasteiger partial charge in [0.05, 0.1) is 10.6 Å². The summed E-state index contributed by atoms with van der Waals surface area (Å²) in [6.45, 7) is 5.87. The number of rotatable bonds is 5. The predicted octanol–water partition coefficient (Wildman–Crippen LogP) is 5.33. The van der Waals surface area contributed by atoms with Crippen LogP contribution in [0.2, 0.25) is 0 Å². The first-order valence-electron chi connectivity index (χ1n) is 9.65. The number of nitro benzene ring substituents is 1.